The van der Waals surface area contributed by atoms with Gasteiger partial charge in [0.05, 0.1) is 9.95 Å². The molecule has 1 fully saturated rings. The average Bonchev–Trinajstić information content (AvgIpc) is 2.77. The number of hydrogen-bond acceptors (Lipinski definition) is 6. The Morgan fingerprint density at radius 2 is 1.71 bits per heavy atom. The minimum absolute atomic E-state index is 0.0338. The molecule has 2 N–H and O–H groups in total. The lowest BCUT2D eigenvalue weighted by Crippen LogP contribution is -2.48. The predicted molar refractivity (Wildman–Crippen MR) is 112 cm³/mol. The Labute approximate surface area is 183 Å². The number of nitrogens with one attached hydrogen (secondary N) is 2. The summed E-state index contributed by atoms with van der Waals surface area (Å²) in [4.78, 5) is 34.3. The van der Waals surface area contributed by atoms with E-state index in [0.717, 1.165) is 16.4 Å². The van der Waals surface area contributed by atoms with Gasteiger partial charge < -0.3 is 0 Å². The summed E-state index contributed by atoms with van der Waals surface area (Å²) in [6.45, 7) is 0.0676. The lowest BCUT2D eigenvalue weighted by molar-refractivity contribution is -0.385. The van der Waals surface area contributed by atoms with Gasteiger partial charge >= 0.3 is 0 Å². The molecule has 0 saturated carbocycles. The summed E-state index contributed by atoms with van der Waals surface area (Å²) < 4.78 is 26.9. The average molecular weight is 467 g/mol. The normalized spacial score (nSPS) is 15.3. The molecular formula is C19H19ClN4O6S. The second kappa shape index (κ2) is 9.41. The maximum absolute atomic E-state index is 12.9. The fourth-order valence-corrected chi connectivity index (χ4v) is 5.15. The Morgan fingerprint density at radius 1 is 1.06 bits per heavy atom. The highest BCUT2D eigenvalue weighted by Crippen LogP contribution is 2.31. The molecule has 0 spiro atoms. The molecule has 2 aromatic rings. The van der Waals surface area contributed by atoms with Gasteiger partial charge in [-0.1, -0.05) is 29.8 Å². The van der Waals surface area contributed by atoms with Gasteiger partial charge in [0, 0.05) is 36.7 Å². The third-order valence-corrected chi connectivity index (χ3v) is 7.28. The van der Waals surface area contributed by atoms with Crippen LogP contribution in [0.2, 0.25) is 5.02 Å². The summed E-state index contributed by atoms with van der Waals surface area (Å²) in [6.07, 6.45) is 0.442. The highest BCUT2D eigenvalue weighted by molar-refractivity contribution is 7.89. The third-order valence-electron chi connectivity index (χ3n) is 4.90. The van der Waals surface area contributed by atoms with Crippen molar-refractivity contribution in [2.24, 2.45) is 5.92 Å². The second-order valence-electron chi connectivity index (χ2n) is 6.86. The maximum atomic E-state index is 12.9. The molecular weight excluding hydrogens is 448 g/mol. The molecule has 2 aromatic carbocycles. The van der Waals surface area contributed by atoms with Crippen molar-refractivity contribution in [3.05, 3.63) is 69.2 Å². The Bertz CT molecular complexity index is 1100. The molecule has 0 bridgehead atoms. The van der Waals surface area contributed by atoms with Crippen molar-refractivity contribution < 1.29 is 22.9 Å². The molecule has 3 rings (SSSR count). The van der Waals surface area contributed by atoms with E-state index in [1.807, 2.05) is 0 Å². The summed E-state index contributed by atoms with van der Waals surface area (Å²) in [6, 6.07) is 11.6. The summed E-state index contributed by atoms with van der Waals surface area (Å²) in [5.74, 6) is -1.38. The van der Waals surface area contributed by atoms with Crippen LogP contribution in [0.15, 0.2) is 53.4 Å². The smallest absolute Gasteiger partial charge is 0.270 e. The second-order valence-corrected chi connectivity index (χ2v) is 9.17. The Kier molecular flexibility index (Phi) is 6.88. The van der Waals surface area contributed by atoms with E-state index < -0.39 is 32.7 Å². The summed E-state index contributed by atoms with van der Waals surface area (Å²) in [5, 5.41) is 10.8. The van der Waals surface area contributed by atoms with E-state index in [1.54, 1.807) is 30.3 Å². The van der Waals surface area contributed by atoms with Crippen LogP contribution in [0.5, 0.6) is 0 Å². The van der Waals surface area contributed by atoms with Crippen LogP contribution < -0.4 is 10.9 Å². The first-order valence-corrected chi connectivity index (χ1v) is 11.1. The fourth-order valence-electron chi connectivity index (χ4n) is 3.18. The Hall–Kier alpha value is -3.02. The molecule has 1 aliphatic rings. The molecule has 12 heteroatoms. The summed E-state index contributed by atoms with van der Waals surface area (Å²) in [7, 11) is -4.06. The SMILES string of the molecule is O=C(NNC(=O)C1CCN(S(=O)(=O)c2cc([N+](=O)[O-])ccc2Cl)CC1)c1ccccc1. The lowest BCUT2D eigenvalue weighted by Gasteiger charge is -2.30. The topological polar surface area (TPSA) is 139 Å². The number of hydrogen-bond donors (Lipinski definition) is 2. The number of amides is 2. The first-order chi connectivity index (χ1) is 14.7. The van der Waals surface area contributed by atoms with Crippen molar-refractivity contribution in [1.29, 1.82) is 0 Å². The van der Waals surface area contributed by atoms with Gasteiger partial charge in [-0.05, 0) is 31.0 Å². The van der Waals surface area contributed by atoms with Crippen molar-refractivity contribution in [1.82, 2.24) is 15.2 Å². The molecule has 2 amide bonds. The Balaban J connectivity index is 1.60. The van der Waals surface area contributed by atoms with Crippen molar-refractivity contribution in [2.45, 2.75) is 17.7 Å². The van der Waals surface area contributed by atoms with Crippen LogP contribution in [0.3, 0.4) is 0 Å². The van der Waals surface area contributed by atoms with Gasteiger partial charge in [-0.3, -0.25) is 30.6 Å². The lowest BCUT2D eigenvalue weighted by atomic mass is 9.98. The molecule has 10 nitrogen and oxygen atoms in total. The van der Waals surface area contributed by atoms with Gasteiger partial charge in [0.15, 0.2) is 0 Å². The van der Waals surface area contributed by atoms with E-state index in [9.17, 15) is 28.1 Å². The molecule has 1 saturated heterocycles. The molecule has 0 atom stereocenters. The van der Waals surface area contributed by atoms with Gasteiger partial charge in [0.25, 0.3) is 11.6 Å². The van der Waals surface area contributed by atoms with Crippen LogP contribution in [0.1, 0.15) is 23.2 Å². The van der Waals surface area contributed by atoms with E-state index in [4.69, 9.17) is 11.6 Å². The number of carbonyl (C=O) groups is 2. The molecule has 31 heavy (non-hydrogen) atoms. The molecule has 0 radical (unpaired) electrons. The van der Waals surface area contributed by atoms with Crippen molar-refractivity contribution in [2.75, 3.05) is 13.1 Å². The van der Waals surface area contributed by atoms with Crippen LogP contribution in [-0.4, -0.2) is 42.6 Å². The number of carbonyl (C=O) groups excluding carboxylic acids is 2. The highest BCUT2D eigenvalue weighted by atomic mass is 35.5. The van der Waals surface area contributed by atoms with E-state index in [1.165, 1.54) is 6.07 Å². The predicted octanol–water partition coefficient (Wildman–Crippen LogP) is 2.11. The van der Waals surface area contributed by atoms with Crippen molar-refractivity contribution in [3.63, 3.8) is 0 Å². The zero-order valence-electron chi connectivity index (χ0n) is 16.2. The first kappa shape index (κ1) is 22.7. The first-order valence-electron chi connectivity index (χ1n) is 9.29. The van der Waals surface area contributed by atoms with E-state index in [0.29, 0.717) is 5.56 Å². The van der Waals surface area contributed by atoms with Crippen LogP contribution in [-0.2, 0) is 14.8 Å². The number of rotatable bonds is 5. The number of piperidine rings is 1. The van der Waals surface area contributed by atoms with Gasteiger partial charge in [0.2, 0.25) is 15.9 Å². The maximum Gasteiger partial charge on any atom is 0.270 e. The van der Waals surface area contributed by atoms with Crippen LogP contribution in [0.25, 0.3) is 0 Å². The van der Waals surface area contributed by atoms with E-state index >= 15 is 0 Å². The zero-order valence-corrected chi connectivity index (χ0v) is 17.7. The van der Waals surface area contributed by atoms with Crippen LogP contribution in [0, 0.1) is 16.0 Å². The molecule has 1 heterocycles. The number of nitro benzene ring substituents is 1. The molecule has 0 aromatic heterocycles. The number of benzene rings is 2. The number of non-ortho nitro benzene ring substituents is 1. The molecule has 164 valence electrons. The zero-order chi connectivity index (χ0) is 22.6. The number of nitro groups is 1. The van der Waals surface area contributed by atoms with Crippen molar-refractivity contribution in [3.8, 4) is 0 Å². The van der Waals surface area contributed by atoms with E-state index in [-0.39, 0.29) is 41.5 Å². The monoisotopic (exact) mass is 466 g/mol. The largest absolute Gasteiger partial charge is 0.273 e. The van der Waals surface area contributed by atoms with Gasteiger partial charge in [-0.2, -0.15) is 4.31 Å². The minimum Gasteiger partial charge on any atom is -0.273 e. The standard InChI is InChI=1S/C19H19ClN4O6S/c20-16-7-6-15(24(27)28)12-17(16)31(29,30)23-10-8-14(9-11-23)19(26)22-21-18(25)13-4-2-1-3-5-13/h1-7,12,14H,8-11H2,(H,21,25)(H,22,26). The number of nitrogens with zero attached hydrogens (tertiary/aromatic N) is 2. The summed E-state index contributed by atoms with van der Waals surface area (Å²) >= 11 is 5.97. The summed E-state index contributed by atoms with van der Waals surface area (Å²) in [5.41, 5.74) is 4.70. The van der Waals surface area contributed by atoms with E-state index in [2.05, 4.69) is 10.9 Å². The minimum atomic E-state index is -4.06. The number of hydrazine groups is 1. The fraction of sp³-hybridized carbons (Fsp3) is 0.263. The highest BCUT2D eigenvalue weighted by Gasteiger charge is 2.34. The van der Waals surface area contributed by atoms with Gasteiger partial charge in [0.1, 0.15) is 4.90 Å². The van der Waals surface area contributed by atoms with Gasteiger partial charge in [-0.25, -0.2) is 8.42 Å². The number of halogens is 1. The van der Waals surface area contributed by atoms with Crippen LogP contribution in [0.4, 0.5) is 5.69 Å². The van der Waals surface area contributed by atoms with Gasteiger partial charge in [-0.15, -0.1) is 0 Å². The molecule has 0 unspecified atom stereocenters. The van der Waals surface area contributed by atoms with Crippen LogP contribution >= 0.6 is 11.6 Å². The third kappa shape index (κ3) is 5.19. The molecule has 1 aliphatic heterocycles. The Morgan fingerprint density at radius 3 is 2.32 bits per heavy atom. The van der Waals surface area contributed by atoms with Crippen molar-refractivity contribution >= 4 is 39.1 Å². The number of sulfonamides is 1. The molecule has 0 aliphatic carbocycles. The quantitative estimate of drug-likeness (QED) is 0.511.